The van der Waals surface area contributed by atoms with Crippen LogP contribution in [0.2, 0.25) is 0 Å². The Balaban J connectivity index is 1.86. The van der Waals surface area contributed by atoms with Crippen LogP contribution in [0.1, 0.15) is 38.2 Å². The normalized spacial score (nSPS) is 16.8. The van der Waals surface area contributed by atoms with Crippen molar-refractivity contribution < 1.29 is 32.5 Å². The van der Waals surface area contributed by atoms with Gasteiger partial charge in [-0.05, 0) is 49.3 Å². The number of ether oxygens (including phenoxy) is 2. The largest absolute Gasteiger partial charge is 0.418 e. The van der Waals surface area contributed by atoms with Gasteiger partial charge < -0.3 is 19.5 Å². The summed E-state index contributed by atoms with van der Waals surface area (Å²) in [6.45, 7) is 3.63. The lowest BCUT2D eigenvalue weighted by molar-refractivity contribution is -0.116. The second kappa shape index (κ2) is 12.9. The van der Waals surface area contributed by atoms with Crippen molar-refractivity contribution in [2.24, 2.45) is 0 Å². The Kier molecular flexibility index (Phi) is 9.88. The molecule has 1 unspecified atom stereocenters. The van der Waals surface area contributed by atoms with E-state index in [1.165, 1.54) is 18.2 Å². The molecular weight excluding hydrogens is 473 g/mol. The first kappa shape index (κ1) is 27.7. The van der Waals surface area contributed by atoms with Crippen LogP contribution in [0.15, 0.2) is 42.0 Å². The summed E-state index contributed by atoms with van der Waals surface area (Å²) in [6, 6.07) is 11.8. The predicted molar refractivity (Wildman–Crippen MR) is 132 cm³/mol. The van der Waals surface area contributed by atoms with Crippen LogP contribution < -0.4 is 4.90 Å². The number of halogens is 3. The number of allylic oxidation sites excluding steroid dienone is 2. The lowest BCUT2D eigenvalue weighted by Gasteiger charge is -2.26. The van der Waals surface area contributed by atoms with E-state index in [1.807, 2.05) is 18.2 Å². The maximum Gasteiger partial charge on any atom is 0.418 e. The summed E-state index contributed by atoms with van der Waals surface area (Å²) >= 11 is 0. The monoisotopic (exact) mass is 504 g/mol. The minimum absolute atomic E-state index is 0.102. The number of anilines is 1. The molecule has 0 bridgehead atoms. The van der Waals surface area contributed by atoms with Gasteiger partial charge in [-0.1, -0.05) is 24.3 Å². The molecule has 0 amide bonds. The Morgan fingerprint density at radius 2 is 1.92 bits per heavy atom. The smallest absolute Gasteiger partial charge is 0.394 e. The van der Waals surface area contributed by atoms with Gasteiger partial charge in [0.25, 0.3) is 0 Å². The molecule has 1 atom stereocenters. The number of fused-ring (bicyclic) bond motifs is 1. The minimum Gasteiger partial charge on any atom is -0.394 e. The van der Waals surface area contributed by atoms with Crippen molar-refractivity contribution in [2.75, 3.05) is 44.5 Å². The third kappa shape index (κ3) is 6.84. The first-order valence-electron chi connectivity index (χ1n) is 12.1. The van der Waals surface area contributed by atoms with E-state index in [0.29, 0.717) is 5.39 Å². The minimum atomic E-state index is -4.88. The van der Waals surface area contributed by atoms with E-state index >= 15 is 0 Å². The summed E-state index contributed by atoms with van der Waals surface area (Å²) < 4.78 is 53.0. The Morgan fingerprint density at radius 3 is 2.56 bits per heavy atom. The molecule has 2 aromatic rings. The molecule has 2 aromatic carbocycles. The number of hydrogen-bond acceptors (Lipinski definition) is 6. The van der Waals surface area contributed by atoms with Crippen LogP contribution in [0, 0.1) is 11.3 Å². The van der Waals surface area contributed by atoms with Crippen LogP contribution in [-0.2, 0) is 14.3 Å². The number of ketones is 1. The number of hydrogen-bond donors (Lipinski definition) is 1. The van der Waals surface area contributed by atoms with Crippen LogP contribution in [0.25, 0.3) is 16.3 Å². The molecule has 194 valence electrons. The molecule has 1 saturated heterocycles. The third-order valence-corrected chi connectivity index (χ3v) is 6.23. The van der Waals surface area contributed by atoms with Gasteiger partial charge in [-0.15, -0.1) is 0 Å². The van der Waals surface area contributed by atoms with E-state index in [1.54, 1.807) is 6.07 Å². The number of benzene rings is 2. The zero-order chi connectivity index (χ0) is 26.1. The van der Waals surface area contributed by atoms with Gasteiger partial charge in [0.05, 0.1) is 32.0 Å². The zero-order valence-electron chi connectivity index (χ0n) is 20.3. The van der Waals surface area contributed by atoms with Gasteiger partial charge in [-0.2, -0.15) is 18.4 Å². The lowest BCUT2D eigenvalue weighted by Crippen LogP contribution is -2.26. The molecule has 0 radical (unpaired) electrons. The highest BCUT2D eigenvalue weighted by molar-refractivity contribution is 6.08. The standard InChI is InChI=1S/C27H31F3N2O4/c1-19-5-3-11-32(19)24-7-2-6-20-9-10-21(17-22(20)24)26(27(28,29)30)23(18-31)25(34)8-4-13-35-15-16-36-14-12-33/h2,6-7,9-10,17,19,33H,3-5,8,11-16H2,1H3/b26-23-. The highest BCUT2D eigenvalue weighted by atomic mass is 19.4. The molecule has 0 spiro atoms. The van der Waals surface area contributed by atoms with Crippen molar-refractivity contribution in [2.45, 2.75) is 44.8 Å². The Morgan fingerprint density at radius 1 is 1.17 bits per heavy atom. The molecule has 1 aliphatic heterocycles. The molecule has 1 fully saturated rings. The van der Waals surface area contributed by atoms with E-state index in [0.717, 1.165) is 30.5 Å². The third-order valence-electron chi connectivity index (χ3n) is 6.23. The average molecular weight is 505 g/mol. The van der Waals surface area contributed by atoms with Crippen LogP contribution >= 0.6 is 0 Å². The van der Waals surface area contributed by atoms with Crippen molar-refractivity contribution in [3.63, 3.8) is 0 Å². The SMILES string of the molecule is CC1CCCN1c1cccc2ccc(/C(=C(\C#N)C(=O)CCCOCCOCCO)C(F)(F)F)cc12. The number of aliphatic hydroxyl groups excluding tert-OH is 1. The summed E-state index contributed by atoms with van der Waals surface area (Å²) in [7, 11) is 0. The average Bonchev–Trinajstić information content (AvgIpc) is 3.28. The highest BCUT2D eigenvalue weighted by Gasteiger charge is 2.39. The topological polar surface area (TPSA) is 82.8 Å². The molecule has 1 heterocycles. The van der Waals surface area contributed by atoms with E-state index in [2.05, 4.69) is 11.8 Å². The van der Waals surface area contributed by atoms with E-state index < -0.39 is 23.1 Å². The fourth-order valence-corrected chi connectivity index (χ4v) is 4.51. The molecule has 36 heavy (non-hydrogen) atoms. The van der Waals surface area contributed by atoms with Crippen LogP contribution in [-0.4, -0.2) is 62.7 Å². The Hall–Kier alpha value is -2.93. The van der Waals surface area contributed by atoms with Crippen molar-refractivity contribution in [1.29, 1.82) is 5.26 Å². The number of nitriles is 1. The molecule has 9 heteroatoms. The molecule has 3 rings (SSSR count). The van der Waals surface area contributed by atoms with Gasteiger partial charge in [-0.25, -0.2) is 0 Å². The fourth-order valence-electron chi connectivity index (χ4n) is 4.51. The molecule has 1 aliphatic rings. The van der Waals surface area contributed by atoms with E-state index in [-0.39, 0.29) is 57.5 Å². The van der Waals surface area contributed by atoms with Crippen LogP contribution in [0.5, 0.6) is 0 Å². The Labute approximate surface area is 208 Å². The summed E-state index contributed by atoms with van der Waals surface area (Å²) in [6.07, 6.45) is -2.94. The molecule has 1 N–H and O–H groups in total. The number of Topliss-reactive ketones (excluding diaryl/α,β-unsaturated/α-hetero) is 1. The molecule has 0 saturated carbocycles. The van der Waals surface area contributed by atoms with Crippen molar-refractivity contribution in [3.8, 4) is 6.07 Å². The van der Waals surface area contributed by atoms with Gasteiger partial charge in [0, 0.05) is 36.7 Å². The number of nitrogens with zero attached hydrogens (tertiary/aromatic N) is 2. The molecular formula is C27H31F3N2O4. The number of carbonyl (C=O) groups excluding carboxylic acids is 1. The first-order valence-corrected chi connectivity index (χ1v) is 12.1. The van der Waals surface area contributed by atoms with Crippen molar-refractivity contribution >= 4 is 27.8 Å². The van der Waals surface area contributed by atoms with Crippen LogP contribution in [0.3, 0.4) is 0 Å². The Bertz CT molecular complexity index is 1120. The maximum atomic E-state index is 14.2. The van der Waals surface area contributed by atoms with E-state index in [4.69, 9.17) is 14.6 Å². The lowest BCUT2D eigenvalue weighted by atomic mass is 9.93. The second-order valence-corrected chi connectivity index (χ2v) is 8.73. The fraction of sp³-hybridized carbons (Fsp3) is 0.481. The summed E-state index contributed by atoms with van der Waals surface area (Å²) in [5.74, 6) is -0.869. The highest BCUT2D eigenvalue weighted by Crippen LogP contribution is 2.40. The van der Waals surface area contributed by atoms with Gasteiger partial charge in [0.1, 0.15) is 11.6 Å². The van der Waals surface area contributed by atoms with Gasteiger partial charge in [-0.3, -0.25) is 4.79 Å². The summed E-state index contributed by atoms with van der Waals surface area (Å²) in [5.41, 5.74) is -1.44. The quantitative estimate of drug-likeness (QED) is 0.248. The van der Waals surface area contributed by atoms with Gasteiger partial charge >= 0.3 is 6.18 Å². The van der Waals surface area contributed by atoms with Crippen molar-refractivity contribution in [3.05, 3.63) is 47.5 Å². The van der Waals surface area contributed by atoms with Gasteiger partial charge in [0.2, 0.25) is 0 Å². The number of alkyl halides is 3. The first-order chi connectivity index (χ1) is 17.3. The number of aliphatic hydroxyl groups is 1. The van der Waals surface area contributed by atoms with Crippen LogP contribution in [0.4, 0.5) is 18.9 Å². The molecule has 0 aliphatic carbocycles. The number of rotatable bonds is 12. The second-order valence-electron chi connectivity index (χ2n) is 8.73. The zero-order valence-corrected chi connectivity index (χ0v) is 20.3. The molecule has 6 nitrogen and oxygen atoms in total. The maximum absolute atomic E-state index is 14.2. The summed E-state index contributed by atoms with van der Waals surface area (Å²) in [4.78, 5) is 14.9. The van der Waals surface area contributed by atoms with Crippen molar-refractivity contribution in [1.82, 2.24) is 0 Å². The van der Waals surface area contributed by atoms with E-state index in [9.17, 15) is 23.2 Å². The van der Waals surface area contributed by atoms with Gasteiger partial charge in [0.15, 0.2) is 5.78 Å². The number of carbonyl (C=O) groups is 1. The predicted octanol–water partition coefficient (Wildman–Crippen LogP) is 5.04. The molecule has 0 aromatic heterocycles. The summed E-state index contributed by atoms with van der Waals surface area (Å²) in [5, 5.41) is 19.7.